The quantitative estimate of drug-likeness (QED) is 0.873. The van der Waals surface area contributed by atoms with Crippen LogP contribution in [0.1, 0.15) is 24.9 Å². The number of ether oxygens (including phenoxy) is 2. The van der Waals surface area contributed by atoms with Crippen molar-refractivity contribution in [1.29, 1.82) is 0 Å². The van der Waals surface area contributed by atoms with Crippen molar-refractivity contribution in [3.63, 3.8) is 0 Å². The number of hydrogen-bond donors (Lipinski definition) is 1. The van der Waals surface area contributed by atoms with Crippen molar-refractivity contribution in [3.05, 3.63) is 35.6 Å². The van der Waals surface area contributed by atoms with Crippen LogP contribution >= 0.6 is 0 Å². The van der Waals surface area contributed by atoms with Gasteiger partial charge in [0.2, 0.25) is 0 Å². The Labute approximate surface area is 107 Å². The molecule has 2 rings (SSSR count). The summed E-state index contributed by atoms with van der Waals surface area (Å²) in [6.07, 6.45) is 0.875. The monoisotopic (exact) mass is 253 g/mol. The number of methoxy groups -OCH3 is 1. The van der Waals surface area contributed by atoms with Crippen LogP contribution in [0.5, 0.6) is 0 Å². The maximum absolute atomic E-state index is 13.6. The summed E-state index contributed by atoms with van der Waals surface area (Å²) in [6.45, 7) is 3.95. The normalized spacial score (nSPS) is 25.3. The highest BCUT2D eigenvalue weighted by Crippen LogP contribution is 2.23. The second-order valence-corrected chi connectivity index (χ2v) is 4.81. The van der Waals surface area contributed by atoms with Crippen molar-refractivity contribution in [1.82, 2.24) is 5.32 Å². The predicted molar refractivity (Wildman–Crippen MR) is 68.0 cm³/mol. The third kappa shape index (κ3) is 2.88. The summed E-state index contributed by atoms with van der Waals surface area (Å²) in [7, 11) is 1.70. The molecule has 0 bridgehead atoms. The van der Waals surface area contributed by atoms with Crippen molar-refractivity contribution < 1.29 is 13.9 Å². The lowest BCUT2D eigenvalue weighted by Crippen LogP contribution is -2.43. The van der Waals surface area contributed by atoms with Gasteiger partial charge < -0.3 is 14.8 Å². The molecule has 1 aromatic rings. The van der Waals surface area contributed by atoms with Gasteiger partial charge in [-0.15, -0.1) is 0 Å². The Hall–Kier alpha value is -0.970. The van der Waals surface area contributed by atoms with Gasteiger partial charge in [-0.1, -0.05) is 18.2 Å². The Morgan fingerprint density at radius 3 is 2.89 bits per heavy atom. The topological polar surface area (TPSA) is 30.5 Å². The zero-order valence-corrected chi connectivity index (χ0v) is 10.9. The molecule has 1 aliphatic heterocycles. The third-order valence-electron chi connectivity index (χ3n) is 3.60. The van der Waals surface area contributed by atoms with Crippen LogP contribution in [-0.2, 0) is 9.47 Å². The van der Waals surface area contributed by atoms with Crippen LogP contribution in [0.4, 0.5) is 4.39 Å². The fraction of sp³-hybridized carbons (Fsp3) is 0.571. The largest absolute Gasteiger partial charge is 0.378 e. The van der Waals surface area contributed by atoms with Gasteiger partial charge in [-0.05, 0) is 13.0 Å². The molecule has 2 unspecified atom stereocenters. The van der Waals surface area contributed by atoms with Gasteiger partial charge in [0.05, 0.1) is 6.61 Å². The van der Waals surface area contributed by atoms with E-state index in [0.717, 1.165) is 13.0 Å². The van der Waals surface area contributed by atoms with Crippen molar-refractivity contribution in [3.8, 4) is 0 Å². The van der Waals surface area contributed by atoms with Crippen LogP contribution < -0.4 is 5.32 Å². The van der Waals surface area contributed by atoms with Crippen LogP contribution in [0.15, 0.2) is 24.3 Å². The molecule has 0 saturated carbocycles. The standard InChI is InChI=1S/C14H20FNO2/c1-11(12-5-3-4-6-13(12)15)16-9-14(17-2)7-8-18-10-14/h3-6,11,16H,7-10H2,1-2H3. The summed E-state index contributed by atoms with van der Waals surface area (Å²) >= 11 is 0. The van der Waals surface area contributed by atoms with Crippen LogP contribution in [-0.4, -0.2) is 32.5 Å². The summed E-state index contributed by atoms with van der Waals surface area (Å²) in [5.74, 6) is -0.174. The second-order valence-electron chi connectivity index (χ2n) is 4.81. The average molecular weight is 253 g/mol. The Balaban J connectivity index is 1.96. The first kappa shape index (κ1) is 13.5. The SMILES string of the molecule is COC1(CNC(C)c2ccccc2F)CCOC1. The van der Waals surface area contributed by atoms with Gasteiger partial charge in [0.25, 0.3) is 0 Å². The average Bonchev–Trinajstić information content (AvgIpc) is 2.86. The molecule has 1 aromatic carbocycles. The van der Waals surface area contributed by atoms with E-state index in [-0.39, 0.29) is 17.5 Å². The molecule has 1 fully saturated rings. The molecule has 0 amide bonds. The van der Waals surface area contributed by atoms with Gasteiger partial charge in [0.15, 0.2) is 0 Å². The number of benzene rings is 1. The molecule has 1 saturated heterocycles. The van der Waals surface area contributed by atoms with Gasteiger partial charge in [-0.25, -0.2) is 4.39 Å². The fourth-order valence-corrected chi connectivity index (χ4v) is 2.24. The maximum Gasteiger partial charge on any atom is 0.127 e. The minimum absolute atomic E-state index is 0.0428. The van der Waals surface area contributed by atoms with Crippen molar-refractivity contribution in [2.75, 3.05) is 26.9 Å². The maximum atomic E-state index is 13.6. The van der Waals surface area contributed by atoms with E-state index in [9.17, 15) is 4.39 Å². The van der Waals surface area contributed by atoms with Crippen LogP contribution in [0, 0.1) is 5.82 Å². The van der Waals surface area contributed by atoms with Crippen LogP contribution in [0.25, 0.3) is 0 Å². The van der Waals surface area contributed by atoms with E-state index in [1.165, 1.54) is 6.07 Å². The van der Waals surface area contributed by atoms with E-state index in [1.54, 1.807) is 19.2 Å². The van der Waals surface area contributed by atoms with Gasteiger partial charge in [-0.2, -0.15) is 0 Å². The first-order valence-electron chi connectivity index (χ1n) is 6.27. The number of nitrogens with one attached hydrogen (secondary N) is 1. The molecule has 100 valence electrons. The third-order valence-corrected chi connectivity index (χ3v) is 3.60. The van der Waals surface area contributed by atoms with E-state index in [1.807, 2.05) is 13.0 Å². The molecule has 1 aliphatic rings. The molecular formula is C14H20FNO2. The molecule has 18 heavy (non-hydrogen) atoms. The van der Waals surface area contributed by atoms with Gasteiger partial charge in [0.1, 0.15) is 11.4 Å². The second kappa shape index (κ2) is 5.78. The first-order valence-corrected chi connectivity index (χ1v) is 6.27. The van der Waals surface area contributed by atoms with Crippen molar-refractivity contribution in [2.45, 2.75) is 25.0 Å². The fourth-order valence-electron chi connectivity index (χ4n) is 2.24. The van der Waals surface area contributed by atoms with Crippen LogP contribution in [0.3, 0.4) is 0 Å². The van der Waals surface area contributed by atoms with E-state index >= 15 is 0 Å². The lowest BCUT2D eigenvalue weighted by molar-refractivity contribution is -0.0172. The molecule has 0 radical (unpaired) electrons. The zero-order chi connectivity index (χ0) is 13.0. The highest BCUT2D eigenvalue weighted by Gasteiger charge is 2.35. The molecular weight excluding hydrogens is 233 g/mol. The first-order chi connectivity index (χ1) is 8.67. The predicted octanol–water partition coefficient (Wildman–Crippen LogP) is 2.28. The minimum atomic E-state index is -0.264. The summed E-state index contributed by atoms with van der Waals surface area (Å²) in [6, 6.07) is 6.79. The number of hydrogen-bond acceptors (Lipinski definition) is 3. The minimum Gasteiger partial charge on any atom is -0.378 e. The molecule has 1 heterocycles. The summed E-state index contributed by atoms with van der Waals surface area (Å²) in [5, 5.41) is 3.33. The van der Waals surface area contributed by atoms with E-state index < -0.39 is 0 Å². The Kier molecular flexibility index (Phi) is 4.32. The lowest BCUT2D eigenvalue weighted by Gasteiger charge is -2.28. The van der Waals surface area contributed by atoms with Gasteiger partial charge in [0, 0.05) is 38.3 Å². The van der Waals surface area contributed by atoms with E-state index in [0.29, 0.717) is 18.7 Å². The number of rotatable bonds is 5. The van der Waals surface area contributed by atoms with E-state index in [2.05, 4.69) is 5.32 Å². The zero-order valence-electron chi connectivity index (χ0n) is 10.9. The van der Waals surface area contributed by atoms with Gasteiger partial charge in [-0.3, -0.25) is 0 Å². The molecule has 0 spiro atoms. The molecule has 2 atom stereocenters. The van der Waals surface area contributed by atoms with Crippen molar-refractivity contribution in [2.24, 2.45) is 0 Å². The smallest absolute Gasteiger partial charge is 0.127 e. The van der Waals surface area contributed by atoms with Gasteiger partial charge >= 0.3 is 0 Å². The Morgan fingerprint density at radius 2 is 2.28 bits per heavy atom. The molecule has 4 heteroatoms. The van der Waals surface area contributed by atoms with Crippen molar-refractivity contribution >= 4 is 0 Å². The lowest BCUT2D eigenvalue weighted by atomic mass is 10.0. The van der Waals surface area contributed by atoms with Crippen LogP contribution in [0.2, 0.25) is 0 Å². The Morgan fingerprint density at radius 1 is 1.50 bits per heavy atom. The molecule has 0 aliphatic carbocycles. The highest BCUT2D eigenvalue weighted by molar-refractivity contribution is 5.20. The summed E-state index contributed by atoms with van der Waals surface area (Å²) in [4.78, 5) is 0. The summed E-state index contributed by atoms with van der Waals surface area (Å²) < 4.78 is 24.5. The highest BCUT2D eigenvalue weighted by atomic mass is 19.1. The molecule has 3 nitrogen and oxygen atoms in total. The Bertz CT molecular complexity index is 391. The summed E-state index contributed by atoms with van der Waals surface area (Å²) in [5.41, 5.74) is 0.419. The molecule has 1 N–H and O–H groups in total. The molecule has 0 aromatic heterocycles. The number of halogens is 1. The van der Waals surface area contributed by atoms with E-state index in [4.69, 9.17) is 9.47 Å².